The van der Waals surface area contributed by atoms with Gasteiger partial charge in [-0.2, -0.15) is 0 Å². The molecule has 2 aliphatic rings. The molecule has 0 bridgehead atoms. The molecule has 2 saturated heterocycles. The number of nitrogens with one attached hydrogen (secondary N) is 1. The zero-order valence-corrected chi connectivity index (χ0v) is 11.3. The van der Waals surface area contributed by atoms with E-state index in [1.165, 1.54) is 0 Å². The zero-order valence-electron chi connectivity index (χ0n) is 11.3. The Labute approximate surface area is 108 Å². The van der Waals surface area contributed by atoms with Crippen LogP contribution >= 0.6 is 0 Å². The second-order valence-electron chi connectivity index (χ2n) is 5.69. The number of hydrogen-bond donors (Lipinski definition) is 2. The first-order valence-corrected chi connectivity index (χ1v) is 6.86. The van der Waals surface area contributed by atoms with Gasteiger partial charge in [0.1, 0.15) is 0 Å². The highest BCUT2D eigenvalue weighted by atomic mass is 16.5. The fraction of sp³-hybridized carbons (Fsp3) is 0.923. The summed E-state index contributed by atoms with van der Waals surface area (Å²) in [7, 11) is 0. The molecule has 2 rings (SSSR count). The number of nitrogens with zero attached hydrogens (tertiary/aromatic N) is 1. The third kappa shape index (κ3) is 3.22. The molecule has 0 saturated carbocycles. The number of morpholine rings is 1. The SMILES string of the molecule is CC1CNCC(C(=O)N2CC(C)OC(CO)C2)C1. The number of carbonyl (C=O) groups excluding carboxylic acids is 1. The van der Waals surface area contributed by atoms with E-state index >= 15 is 0 Å². The molecule has 0 aliphatic carbocycles. The Morgan fingerprint density at radius 1 is 1.39 bits per heavy atom. The van der Waals surface area contributed by atoms with Gasteiger partial charge in [-0.1, -0.05) is 6.92 Å². The van der Waals surface area contributed by atoms with Crippen LogP contribution in [0.3, 0.4) is 0 Å². The summed E-state index contributed by atoms with van der Waals surface area (Å²) in [5.74, 6) is 0.848. The van der Waals surface area contributed by atoms with Gasteiger partial charge in [0.05, 0.1) is 24.7 Å². The Morgan fingerprint density at radius 2 is 2.17 bits per heavy atom. The number of piperidine rings is 1. The van der Waals surface area contributed by atoms with Gasteiger partial charge >= 0.3 is 0 Å². The van der Waals surface area contributed by atoms with Crippen LogP contribution in [-0.2, 0) is 9.53 Å². The number of aliphatic hydroxyl groups excluding tert-OH is 1. The Hall–Kier alpha value is -0.650. The van der Waals surface area contributed by atoms with Crippen molar-refractivity contribution >= 4 is 5.91 Å². The number of hydrogen-bond acceptors (Lipinski definition) is 4. The largest absolute Gasteiger partial charge is 0.394 e. The molecular weight excluding hydrogens is 232 g/mol. The van der Waals surface area contributed by atoms with Gasteiger partial charge in [0, 0.05) is 19.6 Å². The van der Waals surface area contributed by atoms with E-state index in [9.17, 15) is 9.90 Å². The number of carbonyl (C=O) groups is 1. The summed E-state index contributed by atoms with van der Waals surface area (Å²) in [4.78, 5) is 14.3. The van der Waals surface area contributed by atoms with Crippen molar-refractivity contribution in [1.29, 1.82) is 0 Å². The van der Waals surface area contributed by atoms with Gasteiger partial charge in [-0.15, -0.1) is 0 Å². The first-order chi connectivity index (χ1) is 8.60. The lowest BCUT2D eigenvalue weighted by molar-refractivity contribution is -0.152. The van der Waals surface area contributed by atoms with E-state index in [1.807, 2.05) is 11.8 Å². The zero-order chi connectivity index (χ0) is 13.1. The predicted molar refractivity (Wildman–Crippen MR) is 68.1 cm³/mol. The van der Waals surface area contributed by atoms with E-state index in [-0.39, 0.29) is 30.6 Å². The van der Waals surface area contributed by atoms with Crippen LogP contribution < -0.4 is 5.32 Å². The normalized spacial score (nSPS) is 37.6. The number of ether oxygens (including phenoxy) is 1. The van der Waals surface area contributed by atoms with Gasteiger partial charge < -0.3 is 20.1 Å². The van der Waals surface area contributed by atoms with Crippen LogP contribution in [0.15, 0.2) is 0 Å². The minimum Gasteiger partial charge on any atom is -0.394 e. The average Bonchev–Trinajstić information content (AvgIpc) is 2.37. The van der Waals surface area contributed by atoms with E-state index in [0.717, 1.165) is 19.5 Å². The summed E-state index contributed by atoms with van der Waals surface area (Å²) >= 11 is 0. The molecule has 5 heteroatoms. The molecule has 1 amide bonds. The Morgan fingerprint density at radius 3 is 2.83 bits per heavy atom. The highest BCUT2D eigenvalue weighted by Gasteiger charge is 2.33. The minimum absolute atomic E-state index is 0.00817. The minimum atomic E-state index is -0.230. The van der Waals surface area contributed by atoms with Crippen molar-refractivity contribution in [3.8, 4) is 0 Å². The molecular formula is C13H24N2O3. The summed E-state index contributed by atoms with van der Waals surface area (Å²) < 4.78 is 5.56. The fourth-order valence-corrected chi connectivity index (χ4v) is 2.93. The van der Waals surface area contributed by atoms with E-state index < -0.39 is 0 Å². The summed E-state index contributed by atoms with van der Waals surface area (Å²) in [5, 5.41) is 12.5. The topological polar surface area (TPSA) is 61.8 Å². The van der Waals surface area contributed by atoms with Crippen molar-refractivity contribution in [2.24, 2.45) is 11.8 Å². The quantitative estimate of drug-likeness (QED) is 0.721. The van der Waals surface area contributed by atoms with Crippen LogP contribution in [0.4, 0.5) is 0 Å². The molecule has 5 nitrogen and oxygen atoms in total. The first kappa shape index (κ1) is 13.8. The molecule has 0 aromatic carbocycles. The van der Waals surface area contributed by atoms with E-state index in [1.54, 1.807) is 0 Å². The summed E-state index contributed by atoms with van der Waals surface area (Å²) in [6.07, 6.45) is 0.738. The van der Waals surface area contributed by atoms with Gasteiger partial charge in [0.2, 0.25) is 5.91 Å². The summed E-state index contributed by atoms with van der Waals surface area (Å²) in [6, 6.07) is 0. The van der Waals surface area contributed by atoms with Gasteiger partial charge in [0.25, 0.3) is 0 Å². The maximum Gasteiger partial charge on any atom is 0.227 e. The van der Waals surface area contributed by atoms with Crippen LogP contribution in [-0.4, -0.2) is 60.9 Å². The van der Waals surface area contributed by atoms with Crippen LogP contribution in [0.1, 0.15) is 20.3 Å². The molecule has 2 aliphatic heterocycles. The average molecular weight is 256 g/mol. The van der Waals surface area contributed by atoms with Gasteiger partial charge in [0.15, 0.2) is 0 Å². The van der Waals surface area contributed by atoms with Crippen molar-refractivity contribution < 1.29 is 14.6 Å². The maximum atomic E-state index is 12.5. The van der Waals surface area contributed by atoms with E-state index in [2.05, 4.69) is 12.2 Å². The van der Waals surface area contributed by atoms with Crippen LogP contribution in [0.5, 0.6) is 0 Å². The standard InChI is InChI=1S/C13H24N2O3/c1-9-3-11(5-14-4-9)13(17)15-6-10(2)18-12(7-15)8-16/h9-12,14,16H,3-8H2,1-2H3. The molecule has 18 heavy (non-hydrogen) atoms. The predicted octanol–water partition coefficient (Wildman–Crippen LogP) is -0.160. The Balaban J connectivity index is 1.94. The monoisotopic (exact) mass is 256 g/mol. The van der Waals surface area contributed by atoms with E-state index in [4.69, 9.17) is 4.74 Å². The van der Waals surface area contributed by atoms with Crippen molar-refractivity contribution in [3.63, 3.8) is 0 Å². The molecule has 2 N–H and O–H groups in total. The second kappa shape index (κ2) is 5.99. The molecule has 0 aromatic heterocycles. The van der Waals surface area contributed by atoms with Gasteiger partial charge in [-0.3, -0.25) is 4.79 Å². The third-order valence-electron chi connectivity index (χ3n) is 3.76. The lowest BCUT2D eigenvalue weighted by atomic mass is 9.90. The van der Waals surface area contributed by atoms with E-state index in [0.29, 0.717) is 19.0 Å². The number of aliphatic hydroxyl groups is 1. The molecule has 4 atom stereocenters. The first-order valence-electron chi connectivity index (χ1n) is 6.86. The second-order valence-corrected chi connectivity index (χ2v) is 5.69. The molecule has 4 unspecified atom stereocenters. The van der Waals surface area contributed by atoms with Crippen molar-refractivity contribution in [2.75, 3.05) is 32.8 Å². The highest BCUT2D eigenvalue weighted by Crippen LogP contribution is 2.20. The van der Waals surface area contributed by atoms with Crippen LogP contribution in [0, 0.1) is 11.8 Å². The Bertz CT molecular complexity index is 298. The van der Waals surface area contributed by atoms with Crippen molar-refractivity contribution in [1.82, 2.24) is 10.2 Å². The molecule has 104 valence electrons. The summed E-state index contributed by atoms with van der Waals surface area (Å²) in [5.41, 5.74) is 0. The van der Waals surface area contributed by atoms with Crippen molar-refractivity contribution in [2.45, 2.75) is 32.5 Å². The fourth-order valence-electron chi connectivity index (χ4n) is 2.93. The molecule has 0 aromatic rings. The molecule has 2 heterocycles. The lowest BCUT2D eigenvalue weighted by Gasteiger charge is -2.39. The van der Waals surface area contributed by atoms with Crippen molar-refractivity contribution in [3.05, 3.63) is 0 Å². The number of rotatable bonds is 2. The number of amides is 1. The maximum absolute atomic E-state index is 12.5. The molecule has 0 radical (unpaired) electrons. The summed E-state index contributed by atoms with van der Waals surface area (Å²) in [6.45, 7) is 7.04. The third-order valence-corrected chi connectivity index (χ3v) is 3.76. The highest BCUT2D eigenvalue weighted by molar-refractivity contribution is 5.79. The van der Waals surface area contributed by atoms with Crippen LogP contribution in [0.2, 0.25) is 0 Å². The molecule has 2 fully saturated rings. The van der Waals surface area contributed by atoms with Gasteiger partial charge in [-0.25, -0.2) is 0 Å². The van der Waals surface area contributed by atoms with Crippen LogP contribution in [0.25, 0.3) is 0 Å². The Kier molecular flexibility index (Phi) is 4.59. The smallest absolute Gasteiger partial charge is 0.227 e. The van der Waals surface area contributed by atoms with Gasteiger partial charge in [-0.05, 0) is 25.8 Å². The lowest BCUT2D eigenvalue weighted by Crippen LogP contribution is -2.54. The molecule has 0 spiro atoms.